The molecule has 7 heteroatoms. The van der Waals surface area contributed by atoms with Crippen molar-refractivity contribution in [3.05, 3.63) is 90.3 Å². The number of nitrogens with zero attached hydrogens (tertiary/aromatic N) is 2. The molecule has 0 spiro atoms. The molecule has 0 amide bonds. The summed E-state index contributed by atoms with van der Waals surface area (Å²) in [5, 5.41) is 3.53. The van der Waals surface area contributed by atoms with Gasteiger partial charge in [-0.05, 0) is 53.8 Å². The van der Waals surface area contributed by atoms with Crippen LogP contribution in [-0.2, 0) is 16.4 Å². The van der Waals surface area contributed by atoms with E-state index in [9.17, 15) is 8.42 Å². The van der Waals surface area contributed by atoms with Gasteiger partial charge in [-0.15, -0.1) is 0 Å². The molecule has 2 aromatic carbocycles. The Hall–Kier alpha value is -3.45. The van der Waals surface area contributed by atoms with Gasteiger partial charge in [0.25, 0.3) is 0 Å². The summed E-state index contributed by atoms with van der Waals surface area (Å²) in [6.45, 7) is 0.531. The van der Waals surface area contributed by atoms with Crippen molar-refractivity contribution in [2.45, 2.75) is 25.4 Å². The van der Waals surface area contributed by atoms with Crippen LogP contribution in [0.3, 0.4) is 0 Å². The zero-order valence-corrected chi connectivity index (χ0v) is 19.2. The molecular formula is C26H28N4O2S. The molecule has 0 saturated carbocycles. The summed E-state index contributed by atoms with van der Waals surface area (Å²) < 4.78 is 23.6. The lowest BCUT2D eigenvalue weighted by Gasteiger charge is -2.25. The SMILES string of the molecule is NC(=CC=NCc1cccnc1)c1cc(-c2ccccc2)ccc1NC1CCS(=O)(=O)CC1. The molecule has 170 valence electrons. The number of sulfone groups is 1. The molecule has 1 fully saturated rings. The highest BCUT2D eigenvalue weighted by Crippen LogP contribution is 2.30. The van der Waals surface area contributed by atoms with E-state index in [4.69, 9.17) is 5.73 Å². The van der Waals surface area contributed by atoms with Crippen LogP contribution in [0.5, 0.6) is 0 Å². The number of allylic oxidation sites excluding steroid dienone is 1. The van der Waals surface area contributed by atoms with Crippen LogP contribution in [0.1, 0.15) is 24.0 Å². The van der Waals surface area contributed by atoms with E-state index >= 15 is 0 Å². The summed E-state index contributed by atoms with van der Waals surface area (Å²) in [5.41, 5.74) is 12.0. The molecule has 0 bridgehead atoms. The highest BCUT2D eigenvalue weighted by Gasteiger charge is 2.24. The number of nitrogens with two attached hydrogens (primary N) is 1. The molecule has 1 aliphatic heterocycles. The third kappa shape index (κ3) is 6.29. The molecular weight excluding hydrogens is 432 g/mol. The molecule has 3 N–H and O–H groups in total. The number of pyridine rings is 1. The molecule has 2 heterocycles. The smallest absolute Gasteiger partial charge is 0.150 e. The van der Waals surface area contributed by atoms with E-state index in [1.165, 1.54) is 0 Å². The molecule has 0 unspecified atom stereocenters. The zero-order chi connectivity index (χ0) is 23.1. The third-order valence-electron chi connectivity index (χ3n) is 5.71. The Morgan fingerprint density at radius 3 is 2.58 bits per heavy atom. The molecule has 0 aliphatic carbocycles. The lowest BCUT2D eigenvalue weighted by atomic mass is 9.99. The van der Waals surface area contributed by atoms with Crippen molar-refractivity contribution in [2.24, 2.45) is 10.7 Å². The number of rotatable bonds is 7. The lowest BCUT2D eigenvalue weighted by Crippen LogP contribution is -2.32. The molecule has 1 aromatic heterocycles. The number of benzene rings is 2. The van der Waals surface area contributed by atoms with E-state index in [2.05, 4.69) is 39.6 Å². The first-order valence-electron chi connectivity index (χ1n) is 11.0. The highest BCUT2D eigenvalue weighted by molar-refractivity contribution is 7.91. The van der Waals surface area contributed by atoms with Crippen molar-refractivity contribution in [3.63, 3.8) is 0 Å². The first-order valence-corrected chi connectivity index (χ1v) is 12.8. The Kier molecular flexibility index (Phi) is 7.19. The molecule has 3 aromatic rings. The van der Waals surface area contributed by atoms with E-state index in [0.717, 1.165) is 27.9 Å². The van der Waals surface area contributed by atoms with Crippen LogP contribution in [0.4, 0.5) is 5.69 Å². The van der Waals surface area contributed by atoms with Crippen molar-refractivity contribution in [2.75, 3.05) is 16.8 Å². The maximum atomic E-state index is 11.8. The molecule has 1 saturated heterocycles. The van der Waals surface area contributed by atoms with Gasteiger partial charge in [0.15, 0.2) is 0 Å². The molecule has 33 heavy (non-hydrogen) atoms. The Bertz CT molecular complexity index is 1230. The minimum atomic E-state index is -2.91. The predicted molar refractivity (Wildman–Crippen MR) is 136 cm³/mol. The van der Waals surface area contributed by atoms with Crippen LogP contribution < -0.4 is 11.1 Å². The van der Waals surface area contributed by atoms with Gasteiger partial charge >= 0.3 is 0 Å². The predicted octanol–water partition coefficient (Wildman–Crippen LogP) is 4.31. The van der Waals surface area contributed by atoms with Crippen molar-refractivity contribution >= 4 is 27.4 Å². The summed E-state index contributed by atoms with van der Waals surface area (Å²) >= 11 is 0. The molecule has 6 nitrogen and oxygen atoms in total. The van der Waals surface area contributed by atoms with Crippen LogP contribution in [0, 0.1) is 0 Å². The maximum absolute atomic E-state index is 11.8. The van der Waals surface area contributed by atoms with Crippen molar-refractivity contribution in [1.29, 1.82) is 0 Å². The largest absolute Gasteiger partial charge is 0.398 e. The lowest BCUT2D eigenvalue weighted by molar-refractivity contribution is 0.559. The van der Waals surface area contributed by atoms with Gasteiger partial charge in [0.05, 0.1) is 18.1 Å². The number of hydrogen-bond acceptors (Lipinski definition) is 6. The van der Waals surface area contributed by atoms with Crippen molar-refractivity contribution in [1.82, 2.24) is 4.98 Å². The van der Waals surface area contributed by atoms with E-state index in [-0.39, 0.29) is 17.5 Å². The van der Waals surface area contributed by atoms with Gasteiger partial charge in [-0.1, -0.05) is 42.5 Å². The Morgan fingerprint density at radius 1 is 1.06 bits per heavy atom. The minimum Gasteiger partial charge on any atom is -0.398 e. The van der Waals surface area contributed by atoms with E-state index in [1.807, 2.05) is 36.4 Å². The monoisotopic (exact) mass is 460 g/mol. The second-order valence-electron chi connectivity index (χ2n) is 8.17. The van der Waals surface area contributed by atoms with Crippen LogP contribution >= 0.6 is 0 Å². The van der Waals surface area contributed by atoms with Gasteiger partial charge < -0.3 is 11.1 Å². The van der Waals surface area contributed by atoms with E-state index in [1.54, 1.807) is 24.7 Å². The standard InChI is InChI=1S/C26H28N4O2S/c27-25(10-14-29-19-20-5-4-13-28-18-20)24-17-22(21-6-2-1-3-7-21)8-9-26(24)30-23-11-15-33(31,32)16-12-23/h1-10,13-14,17-18,23,30H,11-12,15-16,19,27H2. The fraction of sp³-hybridized carbons (Fsp3) is 0.231. The summed E-state index contributed by atoms with van der Waals surface area (Å²) in [6.07, 6.45) is 8.24. The number of nitrogens with one attached hydrogen (secondary N) is 1. The average Bonchev–Trinajstić information content (AvgIpc) is 2.84. The number of aliphatic imine (C=N–C) groups is 1. The Morgan fingerprint density at radius 2 is 1.85 bits per heavy atom. The number of hydrogen-bond donors (Lipinski definition) is 2. The number of aromatic nitrogens is 1. The number of anilines is 1. The Labute approximate surface area is 195 Å². The Balaban J connectivity index is 1.58. The summed E-state index contributed by atoms with van der Waals surface area (Å²) in [4.78, 5) is 8.54. The summed E-state index contributed by atoms with van der Waals surface area (Å²) in [7, 11) is -2.91. The van der Waals surface area contributed by atoms with Crippen LogP contribution in [0.2, 0.25) is 0 Å². The van der Waals surface area contributed by atoms with Gasteiger partial charge in [-0.3, -0.25) is 9.98 Å². The maximum Gasteiger partial charge on any atom is 0.150 e. The van der Waals surface area contributed by atoms with E-state index < -0.39 is 9.84 Å². The highest BCUT2D eigenvalue weighted by atomic mass is 32.2. The van der Waals surface area contributed by atoms with Gasteiger partial charge in [0.1, 0.15) is 9.84 Å². The minimum absolute atomic E-state index is 0.0990. The van der Waals surface area contributed by atoms with Gasteiger partial charge in [0, 0.05) is 41.6 Å². The first kappa shape index (κ1) is 22.7. The fourth-order valence-electron chi connectivity index (χ4n) is 3.85. The normalized spacial score (nSPS) is 16.7. The summed E-state index contributed by atoms with van der Waals surface area (Å²) in [5.74, 6) is 0.433. The second kappa shape index (κ2) is 10.4. The molecule has 4 rings (SSSR count). The second-order valence-corrected chi connectivity index (χ2v) is 10.5. The summed E-state index contributed by atoms with van der Waals surface area (Å²) in [6, 6.07) is 20.2. The fourth-order valence-corrected chi connectivity index (χ4v) is 5.34. The third-order valence-corrected chi connectivity index (χ3v) is 7.42. The van der Waals surface area contributed by atoms with Crippen LogP contribution in [0.15, 0.2) is 84.1 Å². The van der Waals surface area contributed by atoms with Crippen molar-refractivity contribution < 1.29 is 8.42 Å². The first-order chi connectivity index (χ1) is 16.0. The average molecular weight is 461 g/mol. The van der Waals surface area contributed by atoms with Gasteiger partial charge in [-0.2, -0.15) is 0 Å². The quantitative estimate of drug-likeness (QED) is 0.512. The molecule has 0 radical (unpaired) electrons. The van der Waals surface area contributed by atoms with Gasteiger partial charge in [-0.25, -0.2) is 8.42 Å². The van der Waals surface area contributed by atoms with Crippen LogP contribution in [0.25, 0.3) is 16.8 Å². The molecule has 1 aliphatic rings. The van der Waals surface area contributed by atoms with Crippen LogP contribution in [-0.4, -0.2) is 37.2 Å². The zero-order valence-electron chi connectivity index (χ0n) is 18.4. The van der Waals surface area contributed by atoms with Gasteiger partial charge in [0.2, 0.25) is 0 Å². The van der Waals surface area contributed by atoms with Crippen molar-refractivity contribution in [3.8, 4) is 11.1 Å². The topological polar surface area (TPSA) is 97.4 Å². The molecule has 0 atom stereocenters. The van der Waals surface area contributed by atoms with E-state index in [0.29, 0.717) is 25.1 Å².